The van der Waals surface area contributed by atoms with E-state index < -0.39 is 0 Å². The number of hydrogen-bond acceptors (Lipinski definition) is 5. The molecule has 0 aromatic carbocycles. The molecule has 7 heteroatoms. The van der Waals surface area contributed by atoms with Crippen LogP contribution < -0.4 is 0 Å². The van der Waals surface area contributed by atoms with Crippen molar-refractivity contribution in [2.45, 2.75) is 64.5 Å². The average molecular weight is 411 g/mol. The summed E-state index contributed by atoms with van der Waals surface area (Å²) in [5.41, 5.74) is 0. The summed E-state index contributed by atoms with van der Waals surface area (Å²) in [4.78, 5) is 33.2. The third-order valence-electron chi connectivity index (χ3n) is 6.50. The highest BCUT2D eigenvalue weighted by molar-refractivity contribution is 5.79. The number of rotatable bonds is 10. The van der Waals surface area contributed by atoms with Gasteiger partial charge in [0.25, 0.3) is 0 Å². The zero-order chi connectivity index (χ0) is 21.2. The average Bonchev–Trinajstić information content (AvgIpc) is 2.73. The van der Waals surface area contributed by atoms with Gasteiger partial charge in [-0.05, 0) is 65.7 Å². The maximum Gasteiger partial charge on any atom is 0.248 e. The molecule has 0 aliphatic carbocycles. The molecule has 2 atom stereocenters. The zero-order valence-corrected chi connectivity index (χ0v) is 19.1. The molecule has 2 aliphatic heterocycles. The fourth-order valence-electron chi connectivity index (χ4n) is 4.20. The van der Waals surface area contributed by atoms with E-state index in [1.165, 1.54) is 38.5 Å². The SMILES string of the molecule is CC(CN1CCCCC1)N(C)C(=O)COCC(=O)N(C)C(C)CN1CCCCC1. The van der Waals surface area contributed by atoms with Crippen LogP contribution in [-0.2, 0) is 14.3 Å². The van der Waals surface area contributed by atoms with E-state index >= 15 is 0 Å². The van der Waals surface area contributed by atoms with Gasteiger partial charge in [0.2, 0.25) is 11.8 Å². The summed E-state index contributed by atoms with van der Waals surface area (Å²) in [6.07, 6.45) is 7.62. The largest absolute Gasteiger partial charge is 0.362 e. The molecule has 2 unspecified atom stereocenters. The first-order valence-corrected chi connectivity index (χ1v) is 11.4. The van der Waals surface area contributed by atoms with Gasteiger partial charge in [0.05, 0.1) is 0 Å². The second-order valence-corrected chi connectivity index (χ2v) is 8.92. The summed E-state index contributed by atoms with van der Waals surface area (Å²) < 4.78 is 5.47. The Morgan fingerprint density at radius 1 is 0.724 bits per heavy atom. The van der Waals surface area contributed by atoms with Crippen LogP contribution >= 0.6 is 0 Å². The van der Waals surface area contributed by atoms with Gasteiger partial charge in [-0.1, -0.05) is 12.8 Å². The fourth-order valence-corrected chi connectivity index (χ4v) is 4.20. The van der Waals surface area contributed by atoms with Gasteiger partial charge in [0.15, 0.2) is 0 Å². The third-order valence-corrected chi connectivity index (χ3v) is 6.50. The van der Waals surface area contributed by atoms with E-state index in [-0.39, 0.29) is 37.1 Å². The summed E-state index contributed by atoms with van der Waals surface area (Å²) in [5.74, 6) is -0.127. The van der Waals surface area contributed by atoms with Gasteiger partial charge in [-0.25, -0.2) is 0 Å². The first-order chi connectivity index (χ1) is 13.9. The first-order valence-electron chi connectivity index (χ1n) is 11.4. The maximum atomic E-state index is 12.4. The van der Waals surface area contributed by atoms with Gasteiger partial charge >= 0.3 is 0 Å². The van der Waals surface area contributed by atoms with E-state index in [0.717, 1.165) is 39.3 Å². The highest BCUT2D eigenvalue weighted by atomic mass is 16.5. The number of amides is 2. The van der Waals surface area contributed by atoms with E-state index in [2.05, 4.69) is 23.6 Å². The molecule has 0 aromatic heterocycles. The Morgan fingerprint density at radius 3 is 1.41 bits per heavy atom. The molecule has 2 aliphatic rings. The normalized spacial score (nSPS) is 20.8. The van der Waals surface area contributed by atoms with Crippen molar-refractivity contribution < 1.29 is 14.3 Å². The summed E-state index contributed by atoms with van der Waals surface area (Å²) in [7, 11) is 3.66. The Hall–Kier alpha value is -1.18. The van der Waals surface area contributed by atoms with Gasteiger partial charge in [-0.2, -0.15) is 0 Å². The summed E-state index contributed by atoms with van der Waals surface area (Å²) >= 11 is 0. The summed E-state index contributed by atoms with van der Waals surface area (Å²) in [6, 6.07) is 0.291. The van der Waals surface area contributed by atoms with Crippen LogP contribution in [0.1, 0.15) is 52.4 Å². The maximum absolute atomic E-state index is 12.4. The molecule has 2 saturated heterocycles. The summed E-state index contributed by atoms with van der Waals surface area (Å²) in [6.45, 7) is 10.4. The molecule has 2 rings (SSSR count). The fraction of sp³-hybridized carbons (Fsp3) is 0.909. The second kappa shape index (κ2) is 12.5. The molecule has 0 saturated carbocycles. The topological polar surface area (TPSA) is 56.3 Å². The number of nitrogens with zero attached hydrogens (tertiary/aromatic N) is 4. The summed E-state index contributed by atoms with van der Waals surface area (Å²) in [5, 5.41) is 0. The first kappa shape index (κ1) is 24.1. The minimum absolute atomic E-state index is 0.0407. The predicted octanol–water partition coefficient (Wildman–Crippen LogP) is 1.67. The Kier molecular flexibility index (Phi) is 10.4. The Morgan fingerprint density at radius 2 is 1.07 bits per heavy atom. The van der Waals surface area contributed by atoms with Crippen LogP contribution in [0.4, 0.5) is 0 Å². The lowest BCUT2D eigenvalue weighted by molar-refractivity contribution is -0.142. The van der Waals surface area contributed by atoms with Crippen LogP contribution in [0.15, 0.2) is 0 Å². The van der Waals surface area contributed by atoms with E-state index in [4.69, 9.17) is 4.74 Å². The number of likely N-dealkylation sites (tertiary alicyclic amines) is 2. The Balaban J connectivity index is 1.64. The van der Waals surface area contributed by atoms with Crippen LogP contribution in [0.25, 0.3) is 0 Å². The molecule has 2 heterocycles. The van der Waals surface area contributed by atoms with Crippen molar-refractivity contribution in [3.63, 3.8) is 0 Å². The Labute approximate surface area is 177 Å². The minimum atomic E-state index is -0.0636. The molecular weight excluding hydrogens is 368 g/mol. The molecule has 7 nitrogen and oxygen atoms in total. The van der Waals surface area contributed by atoms with Gasteiger partial charge in [-0.15, -0.1) is 0 Å². The Bertz CT molecular complexity index is 460. The lowest BCUT2D eigenvalue weighted by atomic mass is 10.1. The van der Waals surface area contributed by atoms with Crippen molar-refractivity contribution in [3.05, 3.63) is 0 Å². The second-order valence-electron chi connectivity index (χ2n) is 8.92. The standard InChI is InChI=1S/C22H42N4O3/c1-19(15-25-11-7-5-8-12-25)23(3)21(27)17-29-18-22(28)24(4)20(2)16-26-13-9-6-10-14-26/h19-20H,5-18H2,1-4H3. The number of carbonyl (C=O) groups is 2. The van der Waals surface area contributed by atoms with E-state index in [0.29, 0.717) is 0 Å². The molecule has 0 spiro atoms. The van der Waals surface area contributed by atoms with E-state index in [1.54, 1.807) is 9.80 Å². The number of likely N-dealkylation sites (N-methyl/N-ethyl adjacent to an activating group) is 2. The number of carbonyl (C=O) groups excluding carboxylic acids is 2. The van der Waals surface area contributed by atoms with Crippen LogP contribution in [-0.4, -0.2) is 110 Å². The van der Waals surface area contributed by atoms with Gasteiger partial charge < -0.3 is 24.3 Å². The molecule has 29 heavy (non-hydrogen) atoms. The van der Waals surface area contributed by atoms with Crippen LogP contribution in [0.3, 0.4) is 0 Å². The lowest BCUT2D eigenvalue weighted by Crippen LogP contribution is -2.47. The zero-order valence-electron chi connectivity index (χ0n) is 19.1. The number of piperidine rings is 2. The molecule has 0 bridgehead atoms. The van der Waals surface area contributed by atoms with Crippen molar-refractivity contribution in [2.75, 3.05) is 66.6 Å². The highest BCUT2D eigenvalue weighted by Crippen LogP contribution is 2.12. The molecular formula is C22H42N4O3. The molecule has 2 fully saturated rings. The molecule has 2 amide bonds. The minimum Gasteiger partial charge on any atom is -0.362 e. The van der Waals surface area contributed by atoms with Crippen LogP contribution in [0, 0.1) is 0 Å². The van der Waals surface area contributed by atoms with E-state index in [1.807, 2.05) is 14.1 Å². The monoisotopic (exact) mass is 410 g/mol. The third kappa shape index (κ3) is 8.22. The van der Waals surface area contributed by atoms with E-state index in [9.17, 15) is 9.59 Å². The van der Waals surface area contributed by atoms with Gasteiger partial charge in [-0.3, -0.25) is 9.59 Å². The quantitative estimate of drug-likeness (QED) is 0.548. The van der Waals surface area contributed by atoms with Crippen molar-refractivity contribution in [2.24, 2.45) is 0 Å². The van der Waals surface area contributed by atoms with Gasteiger partial charge in [0, 0.05) is 39.3 Å². The highest BCUT2D eigenvalue weighted by Gasteiger charge is 2.22. The number of hydrogen-bond donors (Lipinski definition) is 0. The number of ether oxygens (including phenoxy) is 1. The molecule has 0 aromatic rings. The van der Waals surface area contributed by atoms with Crippen molar-refractivity contribution in [1.82, 2.24) is 19.6 Å². The van der Waals surface area contributed by atoms with Gasteiger partial charge in [0.1, 0.15) is 13.2 Å². The molecule has 0 N–H and O–H groups in total. The van der Waals surface area contributed by atoms with Crippen LogP contribution in [0.2, 0.25) is 0 Å². The molecule has 0 radical (unpaired) electrons. The smallest absolute Gasteiger partial charge is 0.248 e. The van der Waals surface area contributed by atoms with Crippen molar-refractivity contribution in [1.29, 1.82) is 0 Å². The van der Waals surface area contributed by atoms with Crippen molar-refractivity contribution >= 4 is 11.8 Å². The lowest BCUT2D eigenvalue weighted by Gasteiger charge is -2.33. The predicted molar refractivity (Wildman–Crippen MR) is 116 cm³/mol. The molecule has 168 valence electrons. The van der Waals surface area contributed by atoms with Crippen LogP contribution in [0.5, 0.6) is 0 Å². The van der Waals surface area contributed by atoms with Crippen molar-refractivity contribution in [3.8, 4) is 0 Å².